The molecule has 0 fully saturated rings. The summed E-state index contributed by atoms with van der Waals surface area (Å²) in [6, 6.07) is 0. The molecule has 0 heteroatoms. The smallest absolute Gasteiger partial charge is 0.0163 e. The predicted octanol–water partition coefficient (Wildman–Crippen LogP) is 6.01. The zero-order valence-corrected chi connectivity index (χ0v) is 12.1. The monoisotopic (exact) mass is 264 g/mol. The van der Waals surface area contributed by atoms with Crippen LogP contribution in [0.4, 0.5) is 0 Å². The van der Waals surface area contributed by atoms with Gasteiger partial charge in [0.2, 0.25) is 0 Å². The van der Waals surface area contributed by atoms with Gasteiger partial charge in [-0.1, -0.05) is 97.2 Å². The van der Waals surface area contributed by atoms with E-state index in [1.807, 2.05) is 0 Å². The average Bonchev–Trinajstić information content (AvgIpc) is 3.40. The number of rotatable bonds is 0. The van der Waals surface area contributed by atoms with Crippen molar-refractivity contribution in [2.45, 2.75) is 25.7 Å². The zero-order chi connectivity index (χ0) is 14.1. The molecule has 0 aromatic carbocycles. The van der Waals surface area contributed by atoms with Crippen molar-refractivity contribution in [1.82, 2.24) is 0 Å². The number of allylic oxidation sites excluding steroid dienone is 16. The van der Waals surface area contributed by atoms with Gasteiger partial charge in [0.05, 0.1) is 0 Å². The molecule has 0 radical (unpaired) electrons. The summed E-state index contributed by atoms with van der Waals surface area (Å²) in [6.07, 6.45) is 38.0. The third-order valence-electron chi connectivity index (χ3n) is 2.62. The van der Waals surface area contributed by atoms with E-state index >= 15 is 0 Å². The van der Waals surface area contributed by atoms with Gasteiger partial charge in [0.25, 0.3) is 0 Å². The van der Waals surface area contributed by atoms with E-state index in [-0.39, 0.29) is 0 Å². The molecular formula is C20H24. The summed E-state index contributed by atoms with van der Waals surface area (Å²) in [5.41, 5.74) is 0. The van der Waals surface area contributed by atoms with E-state index < -0.39 is 0 Å². The van der Waals surface area contributed by atoms with Gasteiger partial charge in [-0.05, 0) is 25.7 Å². The first-order chi connectivity index (χ1) is 10.0. The lowest BCUT2D eigenvalue weighted by atomic mass is 10.5. The Labute approximate surface area is 123 Å². The first-order valence-electron chi connectivity index (χ1n) is 7.27. The van der Waals surface area contributed by atoms with E-state index in [0.29, 0.717) is 0 Å². The second-order valence-electron chi connectivity index (χ2n) is 4.37. The lowest BCUT2D eigenvalue weighted by molar-refractivity contribution is 1.45. The molecule has 0 saturated heterocycles. The molecule has 0 amide bonds. The van der Waals surface area contributed by atoms with Crippen LogP contribution < -0.4 is 0 Å². The maximum atomic E-state index is 2.12. The summed E-state index contributed by atoms with van der Waals surface area (Å²) in [5.74, 6) is 0. The molecule has 0 unspecified atom stereocenters. The van der Waals surface area contributed by atoms with Crippen LogP contribution >= 0.6 is 0 Å². The van der Waals surface area contributed by atoms with E-state index in [0.717, 1.165) is 25.7 Å². The fourth-order valence-corrected chi connectivity index (χ4v) is 1.57. The van der Waals surface area contributed by atoms with Crippen molar-refractivity contribution < 1.29 is 0 Å². The maximum Gasteiger partial charge on any atom is -0.0163 e. The second-order valence-corrected chi connectivity index (χ2v) is 4.37. The van der Waals surface area contributed by atoms with E-state index in [4.69, 9.17) is 0 Å². The highest BCUT2D eigenvalue weighted by molar-refractivity contribution is 5.13. The lowest BCUT2D eigenvalue weighted by Gasteiger charge is -1.57. The molecule has 0 aliphatic heterocycles. The topological polar surface area (TPSA) is 0 Å². The van der Waals surface area contributed by atoms with Gasteiger partial charge in [-0.2, -0.15) is 0 Å². The van der Waals surface area contributed by atoms with Crippen LogP contribution in [0.25, 0.3) is 0 Å². The quantitative estimate of drug-likeness (QED) is 0.502. The normalized spacial score (nSPS) is 17.6. The Balaban J connectivity index is 0.000000133. The highest BCUT2D eigenvalue weighted by atomic mass is 13.8. The van der Waals surface area contributed by atoms with Crippen LogP contribution in [-0.4, -0.2) is 0 Å². The Morgan fingerprint density at radius 1 is 0.250 bits per heavy atom. The first-order valence-corrected chi connectivity index (χ1v) is 7.27. The largest absolute Gasteiger partial charge is 0.0808 e. The number of hydrogen-bond acceptors (Lipinski definition) is 0. The summed E-state index contributed by atoms with van der Waals surface area (Å²) in [7, 11) is 0. The van der Waals surface area contributed by atoms with Gasteiger partial charge < -0.3 is 0 Å². The van der Waals surface area contributed by atoms with E-state index in [9.17, 15) is 0 Å². The molecular weight excluding hydrogens is 240 g/mol. The summed E-state index contributed by atoms with van der Waals surface area (Å²) in [5, 5.41) is 0. The molecule has 0 nitrogen and oxygen atoms in total. The van der Waals surface area contributed by atoms with Gasteiger partial charge in [0.1, 0.15) is 0 Å². The van der Waals surface area contributed by atoms with Crippen molar-refractivity contribution in [3.05, 3.63) is 97.2 Å². The predicted molar refractivity (Wildman–Crippen MR) is 91.6 cm³/mol. The Hall–Kier alpha value is -2.08. The second kappa shape index (κ2) is 13.4. The zero-order valence-electron chi connectivity index (χ0n) is 12.1. The van der Waals surface area contributed by atoms with Crippen LogP contribution in [0.3, 0.4) is 0 Å². The minimum absolute atomic E-state index is 1.14. The number of hydrogen-bond donors (Lipinski definition) is 0. The fourth-order valence-electron chi connectivity index (χ4n) is 1.57. The highest BCUT2D eigenvalue weighted by Crippen LogP contribution is 1.94. The van der Waals surface area contributed by atoms with Gasteiger partial charge >= 0.3 is 0 Å². The van der Waals surface area contributed by atoms with Crippen LogP contribution in [0.5, 0.6) is 0 Å². The summed E-state index contributed by atoms with van der Waals surface area (Å²) < 4.78 is 0. The molecule has 0 aromatic heterocycles. The minimum Gasteiger partial charge on any atom is -0.0808 e. The molecule has 0 N–H and O–H groups in total. The Morgan fingerprint density at radius 3 is 0.450 bits per heavy atom. The van der Waals surface area contributed by atoms with Gasteiger partial charge in [-0.25, -0.2) is 0 Å². The Morgan fingerprint density at radius 2 is 0.400 bits per heavy atom. The molecule has 0 heterocycles. The molecule has 0 spiro atoms. The SMILES string of the molecule is C1=CCC=C1.C1=CCC=C1.C1=CCC=C1.C1=CCC=C1. The van der Waals surface area contributed by atoms with Crippen molar-refractivity contribution in [2.24, 2.45) is 0 Å². The first kappa shape index (κ1) is 16.0. The molecule has 104 valence electrons. The molecule has 4 rings (SSSR count). The standard InChI is InChI=1S/4C5H6/c4*1-2-4-5-3-1/h4*1-4H,5H2. The van der Waals surface area contributed by atoms with Crippen molar-refractivity contribution in [2.75, 3.05) is 0 Å². The summed E-state index contributed by atoms with van der Waals surface area (Å²) >= 11 is 0. The van der Waals surface area contributed by atoms with Crippen LogP contribution in [-0.2, 0) is 0 Å². The molecule has 20 heavy (non-hydrogen) atoms. The Kier molecular flexibility index (Phi) is 10.7. The summed E-state index contributed by atoms with van der Waals surface area (Å²) in [4.78, 5) is 0. The fraction of sp³-hybridized carbons (Fsp3) is 0.200. The minimum atomic E-state index is 1.14. The molecule has 0 aromatic rings. The van der Waals surface area contributed by atoms with Crippen LogP contribution in [0, 0.1) is 0 Å². The van der Waals surface area contributed by atoms with Gasteiger partial charge in [0.15, 0.2) is 0 Å². The molecule has 0 saturated carbocycles. The molecule has 0 bridgehead atoms. The van der Waals surface area contributed by atoms with Crippen molar-refractivity contribution in [3.63, 3.8) is 0 Å². The van der Waals surface area contributed by atoms with Crippen LogP contribution in [0.15, 0.2) is 97.2 Å². The van der Waals surface area contributed by atoms with Gasteiger partial charge in [-0.3, -0.25) is 0 Å². The van der Waals surface area contributed by atoms with Crippen LogP contribution in [0.2, 0.25) is 0 Å². The van der Waals surface area contributed by atoms with E-state index in [1.54, 1.807) is 0 Å². The van der Waals surface area contributed by atoms with Gasteiger partial charge in [-0.15, -0.1) is 0 Å². The van der Waals surface area contributed by atoms with Crippen molar-refractivity contribution in [3.8, 4) is 0 Å². The molecule has 0 atom stereocenters. The van der Waals surface area contributed by atoms with Crippen molar-refractivity contribution >= 4 is 0 Å². The lowest BCUT2D eigenvalue weighted by Crippen LogP contribution is -1.37. The third-order valence-corrected chi connectivity index (χ3v) is 2.62. The molecule has 4 aliphatic rings. The highest BCUT2D eigenvalue weighted by Gasteiger charge is 1.73. The molecule has 4 aliphatic carbocycles. The van der Waals surface area contributed by atoms with Gasteiger partial charge in [0, 0.05) is 0 Å². The van der Waals surface area contributed by atoms with E-state index in [1.165, 1.54) is 0 Å². The van der Waals surface area contributed by atoms with E-state index in [2.05, 4.69) is 97.2 Å². The van der Waals surface area contributed by atoms with Crippen LogP contribution in [0.1, 0.15) is 25.7 Å². The third kappa shape index (κ3) is 11.0. The summed E-state index contributed by atoms with van der Waals surface area (Å²) in [6.45, 7) is 0. The van der Waals surface area contributed by atoms with Crippen molar-refractivity contribution in [1.29, 1.82) is 0 Å². The maximum absolute atomic E-state index is 2.12. The Bertz CT molecular complexity index is 320. The average molecular weight is 264 g/mol.